The maximum absolute atomic E-state index is 14.2. The lowest BCUT2D eigenvalue weighted by Crippen LogP contribution is -2.43. The summed E-state index contributed by atoms with van der Waals surface area (Å²) < 4.78 is 45.0. The molecule has 4 aromatic rings. The van der Waals surface area contributed by atoms with E-state index in [1.807, 2.05) is 54.2 Å². The van der Waals surface area contributed by atoms with Crippen LogP contribution in [0.1, 0.15) is 60.2 Å². The van der Waals surface area contributed by atoms with Crippen LogP contribution in [0.15, 0.2) is 84.0 Å². The van der Waals surface area contributed by atoms with Gasteiger partial charge in [0.05, 0.1) is 16.5 Å². The van der Waals surface area contributed by atoms with Crippen molar-refractivity contribution in [2.45, 2.75) is 55.5 Å². The van der Waals surface area contributed by atoms with E-state index in [1.165, 1.54) is 11.6 Å². The van der Waals surface area contributed by atoms with Crippen molar-refractivity contribution >= 4 is 33.2 Å². The first-order valence-corrected chi connectivity index (χ1v) is 16.0. The fourth-order valence-electron chi connectivity index (χ4n) is 6.06. The molecule has 6 rings (SSSR count). The zero-order chi connectivity index (χ0) is 29.4. The van der Waals surface area contributed by atoms with Crippen LogP contribution in [0, 0.1) is 11.7 Å². The van der Waals surface area contributed by atoms with Crippen LogP contribution in [0.5, 0.6) is 0 Å². The van der Waals surface area contributed by atoms with Crippen LogP contribution in [0.4, 0.5) is 10.1 Å². The molecule has 1 N–H and O–H groups in total. The molecule has 0 radical (unpaired) electrons. The number of imidazole rings is 1. The number of aromatic nitrogens is 2. The number of aryl methyl sites for hydroxylation is 2. The van der Waals surface area contributed by atoms with Crippen LogP contribution < -0.4 is 9.62 Å². The Balaban J connectivity index is 1.33. The predicted octanol–water partition coefficient (Wildman–Crippen LogP) is 6.30. The number of nitrogens with zero attached hydrogens (tertiary/aromatic N) is 3. The normalized spacial score (nSPS) is 20.0. The summed E-state index contributed by atoms with van der Waals surface area (Å²) in [6.07, 6.45) is 7.54. The van der Waals surface area contributed by atoms with E-state index in [0.717, 1.165) is 54.8 Å². The standard InChI is InChI=1S/C32H32ClFN4O3S/c1-37-17-16-35-31(37)20-38(32(39)26-14-13-25(26)21-6-3-2-4-7-21)23-11-10-22-8-5-9-30(27(22)18-23)36-42(40,41)24-12-15-29(34)28(33)19-24/h2-4,6-7,10-12,15-19,25-26,30,36H,5,8-9,13-14,20H2,1H3/t25-,26+,30+/m1/s1. The molecule has 0 saturated heterocycles. The highest BCUT2D eigenvalue weighted by Crippen LogP contribution is 2.44. The summed E-state index contributed by atoms with van der Waals surface area (Å²) in [4.78, 5) is 20.4. The van der Waals surface area contributed by atoms with Gasteiger partial charge in [-0.3, -0.25) is 4.79 Å². The first-order chi connectivity index (χ1) is 20.2. The average molecular weight is 607 g/mol. The maximum atomic E-state index is 14.2. The van der Waals surface area contributed by atoms with E-state index in [2.05, 4.69) is 21.8 Å². The van der Waals surface area contributed by atoms with E-state index >= 15 is 0 Å². The number of hydrogen-bond donors (Lipinski definition) is 1. The Labute approximate surface area is 250 Å². The molecular formula is C32H32ClFN4O3S. The van der Waals surface area contributed by atoms with E-state index < -0.39 is 21.9 Å². The van der Waals surface area contributed by atoms with Gasteiger partial charge in [-0.15, -0.1) is 0 Å². The first-order valence-electron chi connectivity index (χ1n) is 14.1. The average Bonchev–Trinajstić information content (AvgIpc) is 3.37. The molecule has 1 aromatic heterocycles. The minimum Gasteiger partial charge on any atom is -0.337 e. The van der Waals surface area contributed by atoms with Crippen molar-refractivity contribution in [1.82, 2.24) is 14.3 Å². The summed E-state index contributed by atoms with van der Waals surface area (Å²) in [5.41, 5.74) is 3.74. The highest BCUT2D eigenvalue weighted by Gasteiger charge is 2.40. The maximum Gasteiger partial charge on any atom is 0.241 e. The number of carbonyl (C=O) groups is 1. The van der Waals surface area contributed by atoms with Gasteiger partial charge >= 0.3 is 0 Å². The summed E-state index contributed by atoms with van der Waals surface area (Å²) >= 11 is 5.88. The fourth-order valence-corrected chi connectivity index (χ4v) is 7.58. The van der Waals surface area contributed by atoms with Crippen LogP contribution in [0.2, 0.25) is 5.02 Å². The number of anilines is 1. The van der Waals surface area contributed by atoms with Crippen molar-refractivity contribution in [1.29, 1.82) is 0 Å². The quantitative estimate of drug-likeness (QED) is 0.255. The number of nitrogens with one attached hydrogen (secondary N) is 1. The van der Waals surface area contributed by atoms with Gasteiger partial charge < -0.3 is 9.47 Å². The second kappa shape index (κ2) is 11.6. The highest BCUT2D eigenvalue weighted by molar-refractivity contribution is 7.89. The number of benzene rings is 3. The SMILES string of the molecule is Cn1ccnc1CN(C(=O)[C@H]1CC[C@@H]1c1ccccc1)c1ccc2c(c1)[C@@H](NS(=O)(=O)c1ccc(F)c(Cl)c1)CCC2. The van der Waals surface area contributed by atoms with Crippen molar-refractivity contribution in [3.05, 3.63) is 112 Å². The lowest BCUT2D eigenvalue weighted by molar-refractivity contribution is -0.125. The Bertz CT molecular complexity index is 1730. The Morgan fingerprint density at radius 3 is 2.60 bits per heavy atom. The molecule has 10 heteroatoms. The molecule has 42 heavy (non-hydrogen) atoms. The van der Waals surface area contributed by atoms with Crippen LogP contribution in [0.3, 0.4) is 0 Å². The molecule has 1 fully saturated rings. The molecule has 1 saturated carbocycles. The predicted molar refractivity (Wildman–Crippen MR) is 160 cm³/mol. The third-order valence-electron chi connectivity index (χ3n) is 8.56. The van der Waals surface area contributed by atoms with E-state index in [-0.39, 0.29) is 27.7 Å². The zero-order valence-electron chi connectivity index (χ0n) is 23.2. The first kappa shape index (κ1) is 28.6. The van der Waals surface area contributed by atoms with Crippen molar-refractivity contribution in [3.8, 4) is 0 Å². The fraction of sp³-hybridized carbons (Fsp3) is 0.312. The van der Waals surface area contributed by atoms with Gasteiger partial charge in [-0.05, 0) is 85.0 Å². The number of hydrogen-bond acceptors (Lipinski definition) is 4. The summed E-state index contributed by atoms with van der Waals surface area (Å²) in [5.74, 6) is 0.110. The molecule has 3 atom stereocenters. The minimum absolute atomic E-state index is 0.0342. The Hall–Kier alpha value is -3.53. The van der Waals surface area contributed by atoms with Gasteiger partial charge in [-0.2, -0.15) is 0 Å². The largest absolute Gasteiger partial charge is 0.337 e. The van der Waals surface area contributed by atoms with Gasteiger partial charge in [0, 0.05) is 37.1 Å². The van der Waals surface area contributed by atoms with Crippen molar-refractivity contribution in [2.75, 3.05) is 4.90 Å². The molecule has 1 amide bonds. The van der Waals surface area contributed by atoms with Gasteiger partial charge in [0.1, 0.15) is 11.6 Å². The number of sulfonamides is 1. The third-order valence-corrected chi connectivity index (χ3v) is 10.3. The van der Waals surface area contributed by atoms with Crippen molar-refractivity contribution in [3.63, 3.8) is 0 Å². The Morgan fingerprint density at radius 2 is 1.90 bits per heavy atom. The van der Waals surface area contributed by atoms with E-state index in [0.29, 0.717) is 18.7 Å². The summed E-state index contributed by atoms with van der Waals surface area (Å²) in [7, 11) is -2.08. The summed E-state index contributed by atoms with van der Waals surface area (Å²) in [5, 5.41) is -0.252. The second-order valence-electron chi connectivity index (χ2n) is 11.1. The van der Waals surface area contributed by atoms with Crippen LogP contribution in [-0.4, -0.2) is 23.9 Å². The zero-order valence-corrected chi connectivity index (χ0v) is 24.8. The van der Waals surface area contributed by atoms with Gasteiger partial charge in [-0.1, -0.05) is 48.0 Å². The molecule has 2 aliphatic rings. The van der Waals surface area contributed by atoms with Crippen LogP contribution in [0.25, 0.3) is 0 Å². The molecule has 218 valence electrons. The molecule has 3 aromatic carbocycles. The molecule has 7 nitrogen and oxygen atoms in total. The van der Waals surface area contributed by atoms with E-state index in [1.54, 1.807) is 11.1 Å². The number of halogens is 2. The van der Waals surface area contributed by atoms with Gasteiger partial charge in [0.2, 0.25) is 15.9 Å². The molecule has 1 heterocycles. The summed E-state index contributed by atoms with van der Waals surface area (Å²) in [6, 6.07) is 18.9. The van der Waals surface area contributed by atoms with Crippen LogP contribution >= 0.6 is 11.6 Å². The molecule has 0 aliphatic heterocycles. The Morgan fingerprint density at radius 1 is 1.10 bits per heavy atom. The smallest absolute Gasteiger partial charge is 0.241 e. The number of carbonyl (C=O) groups excluding carboxylic acids is 1. The van der Waals surface area contributed by atoms with E-state index in [4.69, 9.17) is 11.6 Å². The summed E-state index contributed by atoms with van der Waals surface area (Å²) in [6.45, 7) is 0.295. The molecule has 0 spiro atoms. The molecule has 2 aliphatic carbocycles. The van der Waals surface area contributed by atoms with Crippen molar-refractivity contribution in [2.24, 2.45) is 13.0 Å². The monoisotopic (exact) mass is 606 g/mol. The Kier molecular flexibility index (Phi) is 7.91. The molecular weight excluding hydrogens is 575 g/mol. The topological polar surface area (TPSA) is 84.3 Å². The number of rotatable bonds is 8. The van der Waals surface area contributed by atoms with E-state index in [9.17, 15) is 17.6 Å². The lowest BCUT2D eigenvalue weighted by atomic mass is 9.69. The third kappa shape index (κ3) is 5.61. The molecule has 0 unspecified atom stereocenters. The second-order valence-corrected chi connectivity index (χ2v) is 13.2. The van der Waals surface area contributed by atoms with Gasteiger partial charge in [0.25, 0.3) is 0 Å². The lowest BCUT2D eigenvalue weighted by Gasteiger charge is -2.39. The number of amides is 1. The number of fused-ring (bicyclic) bond motifs is 1. The van der Waals surface area contributed by atoms with Gasteiger partial charge in [-0.25, -0.2) is 22.5 Å². The highest BCUT2D eigenvalue weighted by atomic mass is 35.5. The minimum atomic E-state index is -3.98. The van der Waals surface area contributed by atoms with Crippen molar-refractivity contribution < 1.29 is 17.6 Å². The van der Waals surface area contributed by atoms with Gasteiger partial charge in [0.15, 0.2) is 0 Å². The van der Waals surface area contributed by atoms with Crippen LogP contribution in [-0.2, 0) is 34.8 Å². The molecule has 0 bridgehead atoms.